The Morgan fingerprint density at radius 2 is 2.26 bits per heavy atom. The molecule has 0 saturated heterocycles. The van der Waals surface area contributed by atoms with E-state index >= 15 is 0 Å². The summed E-state index contributed by atoms with van der Waals surface area (Å²) < 4.78 is 13.0. The van der Waals surface area contributed by atoms with Crippen molar-refractivity contribution >= 4 is 17.6 Å². The number of anilines is 1. The minimum absolute atomic E-state index is 0.0594. The van der Waals surface area contributed by atoms with Gasteiger partial charge >= 0.3 is 6.03 Å². The van der Waals surface area contributed by atoms with Gasteiger partial charge in [0.15, 0.2) is 0 Å². The topological polar surface area (TPSA) is 82.2 Å². The van der Waals surface area contributed by atoms with E-state index in [2.05, 4.69) is 5.32 Å². The van der Waals surface area contributed by atoms with E-state index in [1.165, 1.54) is 12.1 Å². The molecule has 0 spiro atoms. The summed E-state index contributed by atoms with van der Waals surface area (Å²) in [6.45, 7) is 0.418. The molecule has 0 unspecified atom stereocenters. The fourth-order valence-corrected chi connectivity index (χ4v) is 1.84. The number of carbonyl (C=O) groups excluding carboxylic acids is 1. The molecule has 1 aliphatic carbocycles. The van der Waals surface area contributed by atoms with Gasteiger partial charge in [0.05, 0.1) is 5.84 Å². The number of benzene rings is 1. The van der Waals surface area contributed by atoms with E-state index in [1.807, 2.05) is 0 Å². The molecule has 1 fully saturated rings. The molecule has 2 rings (SSSR count). The molecule has 19 heavy (non-hydrogen) atoms. The molecular weight excluding hydrogens is 247 g/mol. The van der Waals surface area contributed by atoms with Gasteiger partial charge in [-0.2, -0.15) is 0 Å². The smallest absolute Gasteiger partial charge is 0.322 e. The monoisotopic (exact) mass is 264 g/mol. The summed E-state index contributed by atoms with van der Waals surface area (Å²) in [7, 11) is 0. The number of amidine groups is 1. The van der Waals surface area contributed by atoms with Crippen molar-refractivity contribution in [3.63, 3.8) is 0 Å². The maximum absolute atomic E-state index is 13.0. The van der Waals surface area contributed by atoms with Crippen molar-refractivity contribution in [2.45, 2.75) is 25.3 Å². The van der Waals surface area contributed by atoms with Gasteiger partial charge in [0, 0.05) is 24.7 Å². The first-order valence-corrected chi connectivity index (χ1v) is 6.22. The molecule has 0 radical (unpaired) electrons. The van der Waals surface area contributed by atoms with Gasteiger partial charge in [-0.1, -0.05) is 6.07 Å². The van der Waals surface area contributed by atoms with Crippen LogP contribution in [0.25, 0.3) is 0 Å². The summed E-state index contributed by atoms with van der Waals surface area (Å²) >= 11 is 0. The van der Waals surface area contributed by atoms with E-state index < -0.39 is 0 Å². The van der Waals surface area contributed by atoms with Crippen LogP contribution in [0, 0.1) is 11.2 Å². The Morgan fingerprint density at radius 1 is 1.53 bits per heavy atom. The highest BCUT2D eigenvalue weighted by atomic mass is 19.1. The summed E-state index contributed by atoms with van der Waals surface area (Å²) in [5.41, 5.74) is 5.74. The van der Waals surface area contributed by atoms with Crippen LogP contribution in [-0.2, 0) is 0 Å². The minimum Gasteiger partial charge on any atom is -0.388 e. The second-order valence-electron chi connectivity index (χ2n) is 4.64. The fraction of sp³-hybridized carbons (Fsp3) is 0.385. The molecular formula is C13H17FN4O. The summed E-state index contributed by atoms with van der Waals surface area (Å²) in [5.74, 6) is -0.330. The molecule has 0 bridgehead atoms. The third kappa shape index (κ3) is 3.94. The Balaban J connectivity index is 1.97. The predicted molar refractivity (Wildman–Crippen MR) is 71.7 cm³/mol. The zero-order valence-electron chi connectivity index (χ0n) is 10.5. The number of urea groups is 1. The molecule has 0 aromatic heterocycles. The third-order valence-electron chi connectivity index (χ3n) is 2.95. The maximum Gasteiger partial charge on any atom is 0.322 e. The van der Waals surface area contributed by atoms with Crippen molar-refractivity contribution in [1.82, 2.24) is 4.90 Å². The molecule has 1 saturated carbocycles. The van der Waals surface area contributed by atoms with E-state index in [-0.39, 0.29) is 23.7 Å². The number of rotatable bonds is 5. The highest BCUT2D eigenvalue weighted by Gasteiger charge is 2.32. The summed E-state index contributed by atoms with van der Waals surface area (Å²) in [4.78, 5) is 13.8. The summed E-state index contributed by atoms with van der Waals surface area (Å²) in [6.07, 6.45) is 2.29. The number of nitrogens with two attached hydrogens (primary N) is 1. The standard InChI is InChI=1S/C13H17FN4O/c14-9-2-1-3-10(8-9)17-13(19)18(11-4-5-11)7-6-12(15)16/h1-3,8,11H,4-7H2,(H3,15,16)(H,17,19). The van der Waals surface area contributed by atoms with E-state index in [4.69, 9.17) is 11.1 Å². The molecule has 0 heterocycles. The van der Waals surface area contributed by atoms with Crippen LogP contribution in [-0.4, -0.2) is 29.4 Å². The molecule has 6 heteroatoms. The average Bonchev–Trinajstić information content (AvgIpc) is 3.13. The molecule has 1 aromatic carbocycles. The Bertz CT molecular complexity index is 487. The molecule has 1 aromatic rings. The van der Waals surface area contributed by atoms with Gasteiger partial charge in [0.2, 0.25) is 0 Å². The van der Waals surface area contributed by atoms with E-state index in [0.29, 0.717) is 18.7 Å². The van der Waals surface area contributed by atoms with Gasteiger partial charge < -0.3 is 16.0 Å². The zero-order chi connectivity index (χ0) is 13.8. The Kier molecular flexibility index (Phi) is 3.99. The second kappa shape index (κ2) is 5.69. The number of halogens is 1. The lowest BCUT2D eigenvalue weighted by Gasteiger charge is -2.22. The van der Waals surface area contributed by atoms with Crippen LogP contribution in [0.5, 0.6) is 0 Å². The first-order chi connectivity index (χ1) is 9.06. The molecule has 4 N–H and O–H groups in total. The van der Waals surface area contributed by atoms with Crippen LogP contribution in [0.4, 0.5) is 14.9 Å². The number of carbonyl (C=O) groups is 1. The summed E-state index contributed by atoms with van der Waals surface area (Å²) in [6, 6.07) is 5.72. The van der Waals surface area contributed by atoms with Crippen molar-refractivity contribution in [2.24, 2.45) is 5.73 Å². The summed E-state index contributed by atoms with van der Waals surface area (Å²) in [5, 5.41) is 9.87. The SMILES string of the molecule is N=C(N)CCN(C(=O)Nc1cccc(F)c1)C1CC1. The van der Waals surface area contributed by atoms with E-state index in [1.54, 1.807) is 17.0 Å². The van der Waals surface area contributed by atoms with Gasteiger partial charge in [0.25, 0.3) is 0 Å². The largest absolute Gasteiger partial charge is 0.388 e. The highest BCUT2D eigenvalue weighted by Crippen LogP contribution is 2.27. The zero-order valence-corrected chi connectivity index (χ0v) is 10.5. The van der Waals surface area contributed by atoms with Crippen LogP contribution in [0.15, 0.2) is 24.3 Å². The van der Waals surface area contributed by atoms with E-state index in [9.17, 15) is 9.18 Å². The first-order valence-electron chi connectivity index (χ1n) is 6.22. The van der Waals surface area contributed by atoms with Crippen molar-refractivity contribution < 1.29 is 9.18 Å². The first kappa shape index (κ1) is 13.3. The van der Waals surface area contributed by atoms with Gasteiger partial charge in [-0.15, -0.1) is 0 Å². The minimum atomic E-state index is -0.389. The lowest BCUT2D eigenvalue weighted by atomic mass is 10.3. The average molecular weight is 264 g/mol. The molecule has 1 aliphatic rings. The van der Waals surface area contributed by atoms with Crippen LogP contribution < -0.4 is 11.1 Å². The lowest BCUT2D eigenvalue weighted by molar-refractivity contribution is 0.210. The van der Waals surface area contributed by atoms with Crippen LogP contribution in [0.1, 0.15) is 19.3 Å². The fourth-order valence-electron chi connectivity index (χ4n) is 1.84. The van der Waals surface area contributed by atoms with Gasteiger partial charge in [-0.3, -0.25) is 5.41 Å². The van der Waals surface area contributed by atoms with Gasteiger partial charge in [0.1, 0.15) is 5.82 Å². The predicted octanol–water partition coefficient (Wildman–Crippen LogP) is 2.15. The van der Waals surface area contributed by atoms with Crippen LogP contribution in [0.3, 0.4) is 0 Å². The number of hydrogen-bond donors (Lipinski definition) is 3. The Labute approximate surface area is 111 Å². The number of nitrogens with one attached hydrogen (secondary N) is 2. The van der Waals surface area contributed by atoms with Gasteiger partial charge in [-0.25, -0.2) is 9.18 Å². The van der Waals surface area contributed by atoms with Crippen LogP contribution >= 0.6 is 0 Å². The van der Waals surface area contributed by atoms with Crippen molar-refractivity contribution in [2.75, 3.05) is 11.9 Å². The van der Waals surface area contributed by atoms with Crippen molar-refractivity contribution in [3.8, 4) is 0 Å². The van der Waals surface area contributed by atoms with Gasteiger partial charge in [-0.05, 0) is 31.0 Å². The van der Waals surface area contributed by atoms with Crippen molar-refractivity contribution in [3.05, 3.63) is 30.1 Å². The number of hydrogen-bond acceptors (Lipinski definition) is 2. The Morgan fingerprint density at radius 3 is 2.84 bits per heavy atom. The Hall–Kier alpha value is -2.11. The van der Waals surface area contributed by atoms with E-state index in [0.717, 1.165) is 12.8 Å². The maximum atomic E-state index is 13.0. The molecule has 2 amide bonds. The van der Waals surface area contributed by atoms with Crippen molar-refractivity contribution in [1.29, 1.82) is 5.41 Å². The molecule has 0 atom stereocenters. The second-order valence-corrected chi connectivity index (χ2v) is 4.64. The van der Waals surface area contributed by atoms with Crippen LogP contribution in [0.2, 0.25) is 0 Å². The lowest BCUT2D eigenvalue weighted by Crippen LogP contribution is -2.38. The molecule has 102 valence electrons. The normalized spacial score (nSPS) is 13.9. The number of amides is 2. The highest BCUT2D eigenvalue weighted by molar-refractivity contribution is 5.90. The molecule has 0 aliphatic heterocycles. The quantitative estimate of drug-likeness (QED) is 0.562. The third-order valence-corrected chi connectivity index (χ3v) is 2.95. The number of nitrogens with zero attached hydrogens (tertiary/aromatic N) is 1. The molecule has 5 nitrogen and oxygen atoms in total.